The number of anilines is 1. The molecule has 0 heterocycles. The zero-order valence-electron chi connectivity index (χ0n) is 12.9. The Morgan fingerprint density at radius 1 is 1.17 bits per heavy atom. The number of rotatable bonds is 5. The van der Waals surface area contributed by atoms with Crippen LogP contribution >= 0.6 is 15.9 Å². The van der Waals surface area contributed by atoms with Crippen LogP contribution in [0, 0.1) is 0 Å². The van der Waals surface area contributed by atoms with Gasteiger partial charge < -0.3 is 15.8 Å². The monoisotopic (exact) mass is 388 g/mol. The normalized spacial score (nSPS) is 14.7. The van der Waals surface area contributed by atoms with E-state index in [9.17, 15) is 9.59 Å². The summed E-state index contributed by atoms with van der Waals surface area (Å²) in [5, 5.41) is 2.88. The van der Waals surface area contributed by atoms with Crippen molar-refractivity contribution < 1.29 is 14.3 Å². The van der Waals surface area contributed by atoms with Gasteiger partial charge in [-0.25, -0.2) is 4.79 Å². The Kier molecular flexibility index (Phi) is 4.85. The molecule has 6 heteroatoms. The third kappa shape index (κ3) is 3.94. The molecule has 0 radical (unpaired) electrons. The van der Waals surface area contributed by atoms with Crippen molar-refractivity contribution in [3.63, 3.8) is 0 Å². The van der Waals surface area contributed by atoms with Crippen molar-refractivity contribution in [2.24, 2.45) is 0 Å². The number of halogens is 1. The summed E-state index contributed by atoms with van der Waals surface area (Å²) in [5.41, 5.74) is 7.00. The highest BCUT2D eigenvalue weighted by molar-refractivity contribution is 9.10. The molecule has 3 N–H and O–H groups in total. The van der Waals surface area contributed by atoms with Crippen LogP contribution in [0.4, 0.5) is 5.69 Å². The van der Waals surface area contributed by atoms with Gasteiger partial charge in [0.2, 0.25) is 6.10 Å². The lowest BCUT2D eigenvalue weighted by Crippen LogP contribution is -2.33. The average molecular weight is 389 g/mol. The predicted octanol–water partition coefficient (Wildman–Crippen LogP) is 3.21. The first kappa shape index (κ1) is 16.5. The molecule has 1 saturated carbocycles. The molecular formula is C18H17BrN2O3. The van der Waals surface area contributed by atoms with Gasteiger partial charge in [-0.05, 0) is 31.0 Å². The maximum atomic E-state index is 12.5. The van der Waals surface area contributed by atoms with E-state index in [-0.39, 0.29) is 17.5 Å². The highest BCUT2D eigenvalue weighted by Crippen LogP contribution is 2.26. The van der Waals surface area contributed by atoms with E-state index in [1.165, 1.54) is 0 Å². The average Bonchev–Trinajstić information content (AvgIpc) is 3.39. The lowest BCUT2D eigenvalue weighted by molar-refractivity contribution is -0.130. The second kappa shape index (κ2) is 7.05. The topological polar surface area (TPSA) is 81.4 Å². The van der Waals surface area contributed by atoms with E-state index in [0.717, 1.165) is 12.8 Å². The number of nitrogens with two attached hydrogens (primary N) is 1. The first-order valence-corrected chi connectivity index (χ1v) is 8.45. The number of nitrogen functional groups attached to an aromatic ring is 1. The minimum absolute atomic E-state index is 0.179. The van der Waals surface area contributed by atoms with Crippen molar-refractivity contribution in [3.05, 3.63) is 64.1 Å². The Hall–Kier alpha value is -2.34. The number of nitrogens with one attached hydrogen (secondary N) is 1. The molecule has 0 bridgehead atoms. The van der Waals surface area contributed by atoms with Crippen LogP contribution in [-0.4, -0.2) is 17.9 Å². The zero-order valence-corrected chi connectivity index (χ0v) is 14.5. The summed E-state index contributed by atoms with van der Waals surface area (Å²) in [4.78, 5) is 25.0. The van der Waals surface area contributed by atoms with Gasteiger partial charge in [-0.15, -0.1) is 0 Å². The Labute approximate surface area is 148 Å². The lowest BCUT2D eigenvalue weighted by atomic mass is 10.1. The highest BCUT2D eigenvalue weighted by Gasteiger charge is 2.31. The molecule has 24 heavy (non-hydrogen) atoms. The Balaban J connectivity index is 1.84. The van der Waals surface area contributed by atoms with Crippen LogP contribution in [-0.2, 0) is 9.53 Å². The maximum absolute atomic E-state index is 12.5. The minimum atomic E-state index is -1.00. The number of hydrogen-bond donors (Lipinski definition) is 2. The second-order valence-electron chi connectivity index (χ2n) is 5.71. The van der Waals surface area contributed by atoms with Gasteiger partial charge in [0.1, 0.15) is 0 Å². The van der Waals surface area contributed by atoms with Crippen LogP contribution < -0.4 is 11.1 Å². The molecule has 1 aliphatic rings. The molecule has 124 valence electrons. The summed E-state index contributed by atoms with van der Waals surface area (Å²) < 4.78 is 6.21. The van der Waals surface area contributed by atoms with Crippen LogP contribution in [0.3, 0.4) is 0 Å². The van der Waals surface area contributed by atoms with E-state index < -0.39 is 12.1 Å². The van der Waals surface area contributed by atoms with Crippen molar-refractivity contribution in [3.8, 4) is 0 Å². The van der Waals surface area contributed by atoms with Crippen LogP contribution in [0.25, 0.3) is 0 Å². The van der Waals surface area contributed by atoms with Gasteiger partial charge in [-0.1, -0.05) is 46.3 Å². The van der Waals surface area contributed by atoms with Gasteiger partial charge in [-0.2, -0.15) is 0 Å². The van der Waals surface area contributed by atoms with Gasteiger partial charge in [0.05, 0.1) is 5.56 Å². The van der Waals surface area contributed by atoms with E-state index in [4.69, 9.17) is 10.5 Å². The molecule has 0 unspecified atom stereocenters. The third-order valence-electron chi connectivity index (χ3n) is 3.72. The highest BCUT2D eigenvalue weighted by atomic mass is 79.9. The largest absolute Gasteiger partial charge is 0.444 e. The Morgan fingerprint density at radius 3 is 2.54 bits per heavy atom. The molecule has 2 aromatic carbocycles. The standard InChI is InChI=1S/C18H17BrN2O3/c19-12-6-9-15(20)14(10-12)18(23)24-16(11-4-2-1-3-5-11)17(22)21-13-7-8-13/h1-6,9-10,13,16H,7-8,20H2,(H,21,22)/t16-/m0/s1. The number of ether oxygens (including phenoxy) is 1. The third-order valence-corrected chi connectivity index (χ3v) is 4.22. The van der Waals surface area contributed by atoms with Crippen LogP contribution in [0.1, 0.15) is 34.9 Å². The minimum Gasteiger partial charge on any atom is -0.444 e. The molecule has 1 aliphatic carbocycles. The van der Waals surface area contributed by atoms with Crippen molar-refractivity contribution in [1.29, 1.82) is 0 Å². The molecule has 5 nitrogen and oxygen atoms in total. The summed E-state index contributed by atoms with van der Waals surface area (Å²) in [6, 6.07) is 14.1. The van der Waals surface area contributed by atoms with Crippen molar-refractivity contribution in [1.82, 2.24) is 5.32 Å². The summed E-state index contributed by atoms with van der Waals surface area (Å²) in [6.07, 6.45) is 0.914. The molecule has 1 fully saturated rings. The van der Waals surface area contributed by atoms with Crippen LogP contribution in [0.2, 0.25) is 0 Å². The van der Waals surface area contributed by atoms with Gasteiger partial charge >= 0.3 is 5.97 Å². The van der Waals surface area contributed by atoms with Crippen molar-refractivity contribution in [2.75, 3.05) is 5.73 Å². The Morgan fingerprint density at radius 2 is 1.88 bits per heavy atom. The fraction of sp³-hybridized carbons (Fsp3) is 0.222. The molecular weight excluding hydrogens is 372 g/mol. The number of benzene rings is 2. The summed E-state index contributed by atoms with van der Waals surface area (Å²) >= 11 is 3.30. The lowest BCUT2D eigenvalue weighted by Gasteiger charge is -2.18. The van der Waals surface area contributed by atoms with Crippen molar-refractivity contribution in [2.45, 2.75) is 25.0 Å². The van der Waals surface area contributed by atoms with Crippen molar-refractivity contribution >= 4 is 33.5 Å². The molecule has 0 saturated heterocycles. The summed E-state index contributed by atoms with van der Waals surface area (Å²) in [6.45, 7) is 0. The fourth-order valence-electron chi connectivity index (χ4n) is 2.28. The SMILES string of the molecule is Nc1ccc(Br)cc1C(=O)O[C@H](C(=O)NC1CC1)c1ccccc1. The maximum Gasteiger partial charge on any atom is 0.341 e. The zero-order chi connectivity index (χ0) is 17.1. The predicted molar refractivity (Wildman–Crippen MR) is 94.3 cm³/mol. The number of amides is 1. The molecule has 0 spiro atoms. The van der Waals surface area contributed by atoms with Crippen LogP contribution in [0.5, 0.6) is 0 Å². The summed E-state index contributed by atoms with van der Waals surface area (Å²) in [5.74, 6) is -0.945. The molecule has 0 aromatic heterocycles. The van der Waals surface area contributed by atoms with Crippen LogP contribution in [0.15, 0.2) is 53.0 Å². The second-order valence-corrected chi connectivity index (χ2v) is 6.63. The van der Waals surface area contributed by atoms with Gasteiger partial charge in [0.25, 0.3) is 5.91 Å². The number of esters is 1. The first-order valence-electron chi connectivity index (χ1n) is 7.66. The first-order chi connectivity index (χ1) is 11.5. The van der Waals surface area contributed by atoms with E-state index in [1.807, 2.05) is 6.07 Å². The molecule has 3 rings (SSSR count). The van der Waals surface area contributed by atoms with Gasteiger partial charge in [-0.3, -0.25) is 4.79 Å². The molecule has 1 atom stereocenters. The fourth-order valence-corrected chi connectivity index (χ4v) is 2.64. The van der Waals surface area contributed by atoms with Gasteiger partial charge in [0, 0.05) is 21.8 Å². The molecule has 2 aromatic rings. The Bertz CT molecular complexity index is 760. The quantitative estimate of drug-likeness (QED) is 0.608. The number of carbonyl (C=O) groups excluding carboxylic acids is 2. The van der Waals surface area contributed by atoms with E-state index >= 15 is 0 Å². The molecule has 1 amide bonds. The number of hydrogen-bond acceptors (Lipinski definition) is 4. The van der Waals surface area contributed by atoms with Gasteiger partial charge in [0.15, 0.2) is 0 Å². The smallest absolute Gasteiger partial charge is 0.341 e. The molecule has 0 aliphatic heterocycles. The van der Waals surface area contributed by atoms with E-state index in [1.54, 1.807) is 42.5 Å². The van der Waals surface area contributed by atoms with E-state index in [0.29, 0.717) is 15.7 Å². The summed E-state index contributed by atoms with van der Waals surface area (Å²) in [7, 11) is 0. The van der Waals surface area contributed by atoms with E-state index in [2.05, 4.69) is 21.2 Å². The number of carbonyl (C=O) groups is 2.